The molecule has 6 nitrogen and oxygen atoms in total. The molecule has 0 saturated heterocycles. The van der Waals surface area contributed by atoms with Gasteiger partial charge in [-0.25, -0.2) is 13.6 Å². The lowest BCUT2D eigenvalue weighted by Crippen LogP contribution is -2.36. The van der Waals surface area contributed by atoms with E-state index >= 15 is 0 Å². The highest BCUT2D eigenvalue weighted by Crippen LogP contribution is 2.41. The van der Waals surface area contributed by atoms with Gasteiger partial charge in [0.25, 0.3) is 12.2 Å². The first-order valence-electron chi connectivity index (χ1n) is 10.1. The quantitative estimate of drug-likeness (QED) is 0.530. The Hall–Kier alpha value is -3.20. The molecule has 2 aliphatic rings. The number of ether oxygens (including phenoxy) is 2. The number of carbonyl (C=O) groups excluding carboxylic acids is 2. The summed E-state index contributed by atoms with van der Waals surface area (Å²) < 4.78 is 42.8. The third-order valence-electron chi connectivity index (χ3n) is 5.42. The Morgan fingerprint density at radius 3 is 2.75 bits per heavy atom. The summed E-state index contributed by atoms with van der Waals surface area (Å²) in [6.45, 7) is 4.49. The number of rotatable bonds is 6. The van der Waals surface area contributed by atoms with Crippen LogP contribution in [0.1, 0.15) is 53.1 Å². The first-order chi connectivity index (χ1) is 15.1. The van der Waals surface area contributed by atoms with Crippen LogP contribution in [0, 0.1) is 0 Å². The van der Waals surface area contributed by atoms with Crippen molar-refractivity contribution in [1.29, 1.82) is 0 Å². The van der Waals surface area contributed by atoms with Crippen LogP contribution in [0.15, 0.2) is 49.0 Å². The number of esters is 1. The van der Waals surface area contributed by atoms with Crippen LogP contribution >= 0.6 is 0 Å². The van der Waals surface area contributed by atoms with Gasteiger partial charge < -0.3 is 19.2 Å². The zero-order valence-electron chi connectivity index (χ0n) is 17.3. The Labute approximate surface area is 183 Å². The molecule has 0 aromatic heterocycles. The molecule has 2 aliphatic heterocycles. The van der Waals surface area contributed by atoms with Gasteiger partial charge in [0, 0.05) is 23.4 Å². The molecule has 4 rings (SSSR count). The molecule has 0 spiro atoms. The number of alkyl halides is 2. The maximum Gasteiger partial charge on any atom is 0.526 e. The van der Waals surface area contributed by atoms with Gasteiger partial charge in [0.2, 0.25) is 0 Å². The summed E-state index contributed by atoms with van der Waals surface area (Å²) in [7, 11) is -1.42. The fourth-order valence-corrected chi connectivity index (χ4v) is 3.99. The van der Waals surface area contributed by atoms with Crippen molar-refractivity contribution in [1.82, 2.24) is 0 Å². The zero-order valence-corrected chi connectivity index (χ0v) is 17.3. The van der Waals surface area contributed by atoms with E-state index in [1.807, 2.05) is 12.1 Å². The summed E-state index contributed by atoms with van der Waals surface area (Å²) in [5.74, 6) is -4.66. The normalized spacial score (nSPS) is 19.5. The number of ketones is 1. The predicted molar refractivity (Wildman–Crippen MR) is 112 cm³/mol. The van der Waals surface area contributed by atoms with Crippen molar-refractivity contribution in [2.75, 3.05) is 0 Å². The molecule has 1 unspecified atom stereocenters. The summed E-state index contributed by atoms with van der Waals surface area (Å²) in [6, 6.07) is 12.0. The molecule has 2 heterocycles. The summed E-state index contributed by atoms with van der Waals surface area (Å²) >= 11 is 0. The fraction of sp³-hybridized carbons (Fsp3) is 0.304. The first-order valence-corrected chi connectivity index (χ1v) is 10.1. The molecule has 0 radical (unpaired) electrons. The minimum atomic E-state index is -3.11. The van der Waals surface area contributed by atoms with Crippen molar-refractivity contribution >= 4 is 24.6 Å². The van der Waals surface area contributed by atoms with E-state index in [9.17, 15) is 23.4 Å². The van der Waals surface area contributed by atoms with Crippen LogP contribution in [0.5, 0.6) is 5.75 Å². The number of benzene rings is 2. The SMILES string of the molecule is C=C1OC(OC(=O)c2cccc3c2OB(O)[C@@H](CC(=O)CC(C)(F)F)C3)c2ccccc21. The average molecular weight is 442 g/mol. The van der Waals surface area contributed by atoms with Gasteiger partial charge in [0.1, 0.15) is 22.9 Å². The molecule has 9 heteroatoms. The second kappa shape index (κ2) is 8.39. The maximum absolute atomic E-state index is 13.1. The number of Topliss-reactive ketones (excluding diaryl/α,β-unsaturated/α-hetero) is 1. The van der Waals surface area contributed by atoms with Gasteiger partial charge in [-0.05, 0) is 25.0 Å². The van der Waals surface area contributed by atoms with Crippen LogP contribution in [-0.2, 0) is 20.7 Å². The van der Waals surface area contributed by atoms with E-state index in [0.717, 1.165) is 5.56 Å². The monoisotopic (exact) mass is 442 g/mol. The van der Waals surface area contributed by atoms with Crippen molar-refractivity contribution in [3.63, 3.8) is 0 Å². The standard InChI is InChI=1S/C23H21BF2O6/c1-13-17-7-3-4-8-18(17)22(30-13)31-21(28)19-9-5-6-14-10-15(24(29)32-20(14)19)11-16(27)12-23(2,25)26/h3-9,15,22,29H,1,10-12H2,2H3/t15-,22?/m1/s1. The van der Waals surface area contributed by atoms with Crippen LogP contribution < -0.4 is 4.65 Å². The molecular formula is C23H21BF2O6. The highest BCUT2D eigenvalue weighted by atomic mass is 19.3. The van der Waals surface area contributed by atoms with Gasteiger partial charge in [0.15, 0.2) is 0 Å². The molecule has 0 aliphatic carbocycles. The number of hydrogen-bond donors (Lipinski definition) is 1. The summed E-state index contributed by atoms with van der Waals surface area (Å²) in [6.07, 6.45) is -1.92. The highest BCUT2D eigenvalue weighted by molar-refractivity contribution is 6.47. The van der Waals surface area contributed by atoms with Gasteiger partial charge in [-0.2, -0.15) is 0 Å². The Balaban J connectivity index is 1.50. The maximum atomic E-state index is 13.1. The zero-order chi connectivity index (χ0) is 23.0. The molecule has 0 bridgehead atoms. The molecule has 0 amide bonds. The summed E-state index contributed by atoms with van der Waals surface area (Å²) in [5.41, 5.74) is 2.08. The van der Waals surface area contributed by atoms with Crippen LogP contribution in [0.4, 0.5) is 8.78 Å². The van der Waals surface area contributed by atoms with E-state index in [-0.39, 0.29) is 24.2 Å². The minimum Gasteiger partial charge on any atom is -0.535 e. The van der Waals surface area contributed by atoms with Crippen molar-refractivity contribution in [3.8, 4) is 5.75 Å². The fourth-order valence-electron chi connectivity index (χ4n) is 3.99. The van der Waals surface area contributed by atoms with Gasteiger partial charge in [-0.15, -0.1) is 0 Å². The summed E-state index contributed by atoms with van der Waals surface area (Å²) in [4.78, 5) is 24.8. The smallest absolute Gasteiger partial charge is 0.526 e. The molecule has 2 aromatic carbocycles. The molecule has 2 aromatic rings. The molecule has 0 saturated carbocycles. The lowest BCUT2D eigenvalue weighted by molar-refractivity contribution is -0.125. The number of hydrogen-bond acceptors (Lipinski definition) is 6. The molecule has 166 valence electrons. The average Bonchev–Trinajstić information content (AvgIpc) is 3.02. The van der Waals surface area contributed by atoms with Gasteiger partial charge in [-0.3, -0.25) is 4.79 Å². The van der Waals surface area contributed by atoms with Crippen molar-refractivity contribution in [2.45, 2.75) is 44.2 Å². The van der Waals surface area contributed by atoms with E-state index < -0.39 is 43.3 Å². The van der Waals surface area contributed by atoms with Gasteiger partial charge in [-0.1, -0.05) is 43.0 Å². The van der Waals surface area contributed by atoms with Gasteiger partial charge >= 0.3 is 13.1 Å². The third kappa shape index (κ3) is 4.53. The Kier molecular flexibility index (Phi) is 5.77. The second-order valence-electron chi connectivity index (χ2n) is 8.12. The number of halogens is 2. The van der Waals surface area contributed by atoms with Crippen LogP contribution in [-0.4, -0.2) is 29.8 Å². The van der Waals surface area contributed by atoms with E-state index in [0.29, 0.717) is 23.8 Å². The summed E-state index contributed by atoms with van der Waals surface area (Å²) in [5, 5.41) is 10.4. The van der Waals surface area contributed by atoms with E-state index in [1.54, 1.807) is 24.3 Å². The Bertz CT molecular complexity index is 1080. The second-order valence-corrected chi connectivity index (χ2v) is 8.12. The van der Waals surface area contributed by atoms with Crippen molar-refractivity contribution < 1.29 is 37.5 Å². The molecule has 32 heavy (non-hydrogen) atoms. The highest BCUT2D eigenvalue weighted by Gasteiger charge is 2.40. The number of fused-ring (bicyclic) bond motifs is 2. The van der Waals surface area contributed by atoms with E-state index in [2.05, 4.69) is 6.58 Å². The molecular weight excluding hydrogens is 421 g/mol. The van der Waals surface area contributed by atoms with Gasteiger partial charge in [0.05, 0.1) is 6.42 Å². The van der Waals surface area contributed by atoms with E-state index in [1.165, 1.54) is 6.07 Å². The lowest BCUT2D eigenvalue weighted by atomic mass is 9.64. The van der Waals surface area contributed by atoms with Crippen molar-refractivity contribution in [2.24, 2.45) is 0 Å². The van der Waals surface area contributed by atoms with Crippen LogP contribution in [0.3, 0.4) is 0 Å². The van der Waals surface area contributed by atoms with Crippen molar-refractivity contribution in [3.05, 3.63) is 71.3 Å². The molecule has 1 N–H and O–H groups in total. The first kappa shape index (κ1) is 22.0. The van der Waals surface area contributed by atoms with Crippen LogP contribution in [0.25, 0.3) is 5.76 Å². The van der Waals surface area contributed by atoms with Crippen LogP contribution in [0.2, 0.25) is 5.82 Å². The topological polar surface area (TPSA) is 82.1 Å². The number of carbonyl (C=O) groups is 2. The molecule has 2 atom stereocenters. The minimum absolute atomic E-state index is 0.0880. The van der Waals surface area contributed by atoms with E-state index in [4.69, 9.17) is 14.1 Å². The lowest BCUT2D eigenvalue weighted by Gasteiger charge is -2.28. The molecule has 0 fully saturated rings. The predicted octanol–water partition coefficient (Wildman–Crippen LogP) is 4.33. The number of para-hydroxylation sites is 1. The largest absolute Gasteiger partial charge is 0.535 e. The Morgan fingerprint density at radius 2 is 2.00 bits per heavy atom. The Morgan fingerprint density at radius 1 is 1.25 bits per heavy atom. The third-order valence-corrected chi connectivity index (χ3v) is 5.42.